The Kier molecular flexibility index (Phi) is 6.35. The van der Waals surface area contributed by atoms with Crippen molar-refractivity contribution in [2.24, 2.45) is 0 Å². The molecule has 1 aromatic heterocycles. The third-order valence-corrected chi connectivity index (χ3v) is 3.38. The van der Waals surface area contributed by atoms with Crippen LogP contribution in [0.2, 0.25) is 0 Å². The first kappa shape index (κ1) is 16.4. The van der Waals surface area contributed by atoms with Crippen molar-refractivity contribution < 1.29 is 0 Å². The summed E-state index contributed by atoms with van der Waals surface area (Å²) in [5, 5.41) is 0. The van der Waals surface area contributed by atoms with E-state index in [1.54, 1.807) is 0 Å². The van der Waals surface area contributed by atoms with Crippen LogP contribution in [0.25, 0.3) is 22.4 Å². The summed E-state index contributed by atoms with van der Waals surface area (Å²) in [6.07, 6.45) is 1.25. The van der Waals surface area contributed by atoms with Gasteiger partial charge in [0.25, 0.3) is 0 Å². The summed E-state index contributed by atoms with van der Waals surface area (Å²) in [5.41, 5.74) is 4.47. The van der Waals surface area contributed by atoms with E-state index in [4.69, 9.17) is 0 Å². The Labute approximate surface area is 141 Å². The molecule has 0 spiro atoms. The Balaban J connectivity index is 0.000000545. The highest BCUT2D eigenvalue weighted by molar-refractivity contribution is 9.10. The molecule has 3 aromatic rings. The van der Waals surface area contributed by atoms with E-state index >= 15 is 0 Å². The predicted molar refractivity (Wildman–Crippen MR) is 98.8 cm³/mol. The van der Waals surface area contributed by atoms with E-state index in [1.807, 2.05) is 42.5 Å². The monoisotopic (exact) mass is 353 g/mol. The van der Waals surface area contributed by atoms with Gasteiger partial charge in [-0.1, -0.05) is 80.9 Å². The van der Waals surface area contributed by atoms with Gasteiger partial charge in [-0.2, -0.15) is 0 Å². The van der Waals surface area contributed by atoms with Crippen LogP contribution in [0.15, 0.2) is 77.4 Å². The van der Waals surface area contributed by atoms with E-state index in [9.17, 15) is 0 Å². The maximum Gasteiger partial charge on any atom is 0.107 e. The van der Waals surface area contributed by atoms with E-state index < -0.39 is 0 Å². The molecule has 0 atom stereocenters. The van der Waals surface area contributed by atoms with E-state index in [1.165, 1.54) is 17.5 Å². The fourth-order valence-corrected chi connectivity index (χ4v) is 2.49. The van der Waals surface area contributed by atoms with Gasteiger partial charge < -0.3 is 0 Å². The Morgan fingerprint density at radius 1 is 0.727 bits per heavy atom. The Morgan fingerprint density at radius 2 is 1.23 bits per heavy atom. The van der Waals surface area contributed by atoms with Gasteiger partial charge in [0.2, 0.25) is 0 Å². The summed E-state index contributed by atoms with van der Waals surface area (Å²) in [6.45, 7) is 4.25. The lowest BCUT2D eigenvalue weighted by Crippen LogP contribution is -1.87. The summed E-state index contributed by atoms with van der Waals surface area (Å²) in [4.78, 5) is 4.55. The van der Waals surface area contributed by atoms with Crippen LogP contribution in [0.4, 0.5) is 0 Å². The third kappa shape index (κ3) is 4.54. The summed E-state index contributed by atoms with van der Waals surface area (Å²) in [6, 6.07) is 24.7. The molecule has 0 saturated carbocycles. The normalized spacial score (nSPS) is 9.77. The van der Waals surface area contributed by atoms with Crippen LogP contribution in [0, 0.1) is 0 Å². The zero-order chi connectivity index (χ0) is 15.8. The molecule has 2 heteroatoms. The lowest BCUT2D eigenvalue weighted by atomic mass is 10.0. The molecule has 0 aliphatic rings. The van der Waals surface area contributed by atoms with Crippen LogP contribution in [-0.2, 0) is 0 Å². The molecule has 0 unspecified atom stereocenters. The maximum absolute atomic E-state index is 4.55. The highest BCUT2D eigenvalue weighted by atomic mass is 79.9. The summed E-state index contributed by atoms with van der Waals surface area (Å²) < 4.78 is 0.854. The lowest BCUT2D eigenvalue weighted by Gasteiger charge is -2.06. The standard InChI is InChI=1S/C17H12BrN.C3H8/c18-17-12-15(13-7-3-1-4-8-13)11-16(19-17)14-9-5-2-6-10-14;1-3-2/h1-12H;3H2,1-2H3. The zero-order valence-electron chi connectivity index (χ0n) is 13.0. The molecule has 1 heterocycles. The number of aromatic nitrogens is 1. The third-order valence-electron chi connectivity index (χ3n) is 2.97. The van der Waals surface area contributed by atoms with Gasteiger partial charge in [0.05, 0.1) is 5.69 Å². The van der Waals surface area contributed by atoms with E-state index in [2.05, 4.69) is 65.1 Å². The van der Waals surface area contributed by atoms with Crippen molar-refractivity contribution in [1.29, 1.82) is 0 Å². The average molecular weight is 354 g/mol. The van der Waals surface area contributed by atoms with E-state index in [0.717, 1.165) is 15.9 Å². The van der Waals surface area contributed by atoms with Crippen molar-refractivity contribution in [3.63, 3.8) is 0 Å². The number of halogens is 1. The van der Waals surface area contributed by atoms with Crippen molar-refractivity contribution in [2.75, 3.05) is 0 Å². The molecule has 0 N–H and O–H groups in total. The van der Waals surface area contributed by atoms with E-state index in [0.29, 0.717) is 0 Å². The van der Waals surface area contributed by atoms with Crippen molar-refractivity contribution >= 4 is 15.9 Å². The molecule has 0 fully saturated rings. The molecule has 0 aliphatic heterocycles. The van der Waals surface area contributed by atoms with Crippen LogP contribution in [0.3, 0.4) is 0 Å². The topological polar surface area (TPSA) is 12.9 Å². The molecular weight excluding hydrogens is 334 g/mol. The minimum absolute atomic E-state index is 0.854. The van der Waals surface area contributed by atoms with Crippen molar-refractivity contribution in [2.45, 2.75) is 20.3 Å². The van der Waals surface area contributed by atoms with Gasteiger partial charge in [-0.05, 0) is 39.2 Å². The summed E-state index contributed by atoms with van der Waals surface area (Å²) >= 11 is 3.50. The second-order valence-electron chi connectivity index (χ2n) is 5.00. The van der Waals surface area contributed by atoms with Crippen molar-refractivity contribution in [3.8, 4) is 22.4 Å². The quantitative estimate of drug-likeness (QED) is 0.473. The first-order valence-corrected chi connectivity index (χ1v) is 8.32. The van der Waals surface area contributed by atoms with E-state index in [-0.39, 0.29) is 0 Å². The first-order valence-electron chi connectivity index (χ1n) is 7.53. The van der Waals surface area contributed by atoms with Gasteiger partial charge >= 0.3 is 0 Å². The molecule has 0 amide bonds. The van der Waals surface area contributed by atoms with Crippen LogP contribution in [0.5, 0.6) is 0 Å². The van der Waals surface area contributed by atoms with Gasteiger partial charge in [-0.15, -0.1) is 0 Å². The average Bonchev–Trinajstić information content (AvgIpc) is 2.57. The van der Waals surface area contributed by atoms with Gasteiger partial charge in [0.15, 0.2) is 0 Å². The number of nitrogens with zero attached hydrogens (tertiary/aromatic N) is 1. The Hall–Kier alpha value is -1.93. The Bertz CT molecular complexity index is 636. The van der Waals surface area contributed by atoms with Crippen LogP contribution in [0.1, 0.15) is 20.3 Å². The first-order chi connectivity index (χ1) is 10.7. The summed E-state index contributed by atoms with van der Waals surface area (Å²) in [7, 11) is 0. The molecule has 3 rings (SSSR count). The smallest absolute Gasteiger partial charge is 0.107 e. The number of hydrogen-bond acceptors (Lipinski definition) is 1. The molecule has 112 valence electrons. The maximum atomic E-state index is 4.55. The largest absolute Gasteiger partial charge is 0.241 e. The number of benzene rings is 2. The number of hydrogen-bond donors (Lipinski definition) is 0. The molecule has 0 aliphatic carbocycles. The van der Waals surface area contributed by atoms with Gasteiger partial charge in [0, 0.05) is 5.56 Å². The minimum atomic E-state index is 0.854. The molecule has 22 heavy (non-hydrogen) atoms. The van der Waals surface area contributed by atoms with Crippen LogP contribution >= 0.6 is 15.9 Å². The minimum Gasteiger partial charge on any atom is -0.241 e. The molecule has 2 aromatic carbocycles. The van der Waals surface area contributed by atoms with Crippen LogP contribution < -0.4 is 0 Å². The number of pyridine rings is 1. The van der Waals surface area contributed by atoms with Crippen LogP contribution in [-0.4, -0.2) is 4.98 Å². The van der Waals surface area contributed by atoms with Gasteiger partial charge in [0.1, 0.15) is 4.60 Å². The fourth-order valence-electron chi connectivity index (χ4n) is 2.05. The molecule has 1 nitrogen and oxygen atoms in total. The lowest BCUT2D eigenvalue weighted by molar-refractivity contribution is 1.09. The van der Waals surface area contributed by atoms with Gasteiger partial charge in [-0.3, -0.25) is 0 Å². The van der Waals surface area contributed by atoms with Gasteiger partial charge in [-0.25, -0.2) is 4.98 Å². The van der Waals surface area contributed by atoms with Crippen molar-refractivity contribution in [1.82, 2.24) is 4.98 Å². The predicted octanol–water partition coefficient (Wildman–Crippen LogP) is 6.59. The molecule has 0 bridgehead atoms. The second-order valence-corrected chi connectivity index (χ2v) is 5.82. The fraction of sp³-hybridized carbons (Fsp3) is 0.150. The SMILES string of the molecule is Brc1cc(-c2ccccc2)cc(-c2ccccc2)n1.CCC. The molecule has 0 saturated heterocycles. The number of rotatable bonds is 2. The Morgan fingerprint density at radius 3 is 1.77 bits per heavy atom. The zero-order valence-corrected chi connectivity index (χ0v) is 14.5. The molecular formula is C20H20BrN. The summed E-state index contributed by atoms with van der Waals surface area (Å²) in [5.74, 6) is 0. The highest BCUT2D eigenvalue weighted by Crippen LogP contribution is 2.27. The highest BCUT2D eigenvalue weighted by Gasteiger charge is 2.05. The molecule has 0 radical (unpaired) electrons. The van der Waals surface area contributed by atoms with Crippen molar-refractivity contribution in [3.05, 3.63) is 77.4 Å². The second kappa shape index (κ2) is 8.50.